The molecule has 31 heavy (non-hydrogen) atoms. The normalized spacial score (nSPS) is 21.1. The van der Waals surface area contributed by atoms with Crippen LogP contribution in [0.5, 0.6) is 11.5 Å². The van der Waals surface area contributed by atoms with Crippen molar-refractivity contribution in [3.05, 3.63) is 58.7 Å². The molecule has 5 nitrogen and oxygen atoms in total. The van der Waals surface area contributed by atoms with Gasteiger partial charge < -0.3 is 19.9 Å². The lowest BCUT2D eigenvalue weighted by Gasteiger charge is -2.31. The maximum atomic E-state index is 13.1. The Kier molecular flexibility index (Phi) is 6.93. The van der Waals surface area contributed by atoms with E-state index in [0.717, 1.165) is 59.4 Å². The van der Waals surface area contributed by atoms with Crippen molar-refractivity contribution in [3.8, 4) is 11.5 Å². The van der Waals surface area contributed by atoms with Gasteiger partial charge in [0.25, 0.3) is 0 Å². The van der Waals surface area contributed by atoms with Crippen LogP contribution in [0.2, 0.25) is 0 Å². The molecule has 2 aromatic rings. The van der Waals surface area contributed by atoms with Crippen LogP contribution < -0.4 is 14.8 Å². The second-order valence-corrected chi connectivity index (χ2v) is 9.01. The Morgan fingerprint density at radius 2 is 1.87 bits per heavy atom. The number of benzene rings is 2. The Balaban J connectivity index is 1.37. The van der Waals surface area contributed by atoms with Crippen molar-refractivity contribution < 1.29 is 19.4 Å². The van der Waals surface area contributed by atoms with Gasteiger partial charge in [-0.15, -0.1) is 0 Å². The molecule has 5 heteroatoms. The van der Waals surface area contributed by atoms with Crippen molar-refractivity contribution in [2.24, 2.45) is 5.92 Å². The first-order chi connectivity index (χ1) is 15.0. The average molecular weight is 424 g/mol. The molecule has 1 unspecified atom stereocenters. The summed E-state index contributed by atoms with van der Waals surface area (Å²) in [7, 11) is 0. The molecule has 0 aromatic heterocycles. The largest absolute Gasteiger partial charge is 0.454 e. The first kappa shape index (κ1) is 21.8. The number of ketones is 1. The van der Waals surface area contributed by atoms with E-state index in [1.807, 2.05) is 31.2 Å². The highest BCUT2D eigenvalue weighted by atomic mass is 16.7. The molecule has 0 amide bonds. The van der Waals surface area contributed by atoms with Gasteiger partial charge in [0.15, 0.2) is 17.3 Å². The topological polar surface area (TPSA) is 67.8 Å². The molecule has 0 saturated heterocycles. The van der Waals surface area contributed by atoms with Gasteiger partial charge in [-0.2, -0.15) is 0 Å². The molecule has 4 rings (SSSR count). The van der Waals surface area contributed by atoms with Crippen molar-refractivity contribution >= 4 is 5.78 Å². The molecule has 1 heterocycles. The van der Waals surface area contributed by atoms with Crippen molar-refractivity contribution in [2.75, 3.05) is 6.79 Å². The van der Waals surface area contributed by atoms with Gasteiger partial charge in [0.1, 0.15) is 0 Å². The lowest BCUT2D eigenvalue weighted by Crippen LogP contribution is -2.36. The van der Waals surface area contributed by atoms with Crippen LogP contribution in [0, 0.1) is 12.8 Å². The predicted octanol–water partition coefficient (Wildman–Crippen LogP) is 4.57. The van der Waals surface area contributed by atoms with Gasteiger partial charge in [0.2, 0.25) is 6.79 Å². The van der Waals surface area contributed by atoms with Crippen LogP contribution >= 0.6 is 0 Å². The summed E-state index contributed by atoms with van der Waals surface area (Å²) in [5.41, 5.74) is 4.06. The van der Waals surface area contributed by atoms with E-state index < -0.39 is 0 Å². The van der Waals surface area contributed by atoms with Gasteiger partial charge in [-0.25, -0.2) is 0 Å². The molecule has 1 aliphatic heterocycles. The van der Waals surface area contributed by atoms with Gasteiger partial charge in [-0.05, 0) is 81.2 Å². The maximum absolute atomic E-state index is 13.1. The molecule has 166 valence electrons. The van der Waals surface area contributed by atoms with Crippen molar-refractivity contribution in [1.82, 2.24) is 5.32 Å². The van der Waals surface area contributed by atoms with E-state index in [2.05, 4.69) is 24.4 Å². The van der Waals surface area contributed by atoms with E-state index in [1.54, 1.807) is 0 Å². The second-order valence-electron chi connectivity index (χ2n) is 9.01. The Bertz CT molecular complexity index is 918. The molecular formula is C26H33NO4. The molecule has 1 saturated carbocycles. The molecule has 0 spiro atoms. The molecule has 2 aromatic carbocycles. The third-order valence-corrected chi connectivity index (χ3v) is 6.71. The molecule has 1 atom stereocenters. The number of hydrogen-bond acceptors (Lipinski definition) is 5. The molecule has 1 fully saturated rings. The number of ether oxygens (including phenoxy) is 2. The van der Waals surface area contributed by atoms with E-state index in [-0.39, 0.29) is 18.7 Å². The summed E-state index contributed by atoms with van der Waals surface area (Å²) in [5, 5.41) is 13.4. The van der Waals surface area contributed by atoms with Gasteiger partial charge >= 0.3 is 0 Å². The predicted molar refractivity (Wildman–Crippen MR) is 121 cm³/mol. The van der Waals surface area contributed by atoms with E-state index >= 15 is 0 Å². The van der Waals surface area contributed by atoms with Gasteiger partial charge in [-0.3, -0.25) is 4.79 Å². The number of aryl methyl sites for hydroxylation is 2. The van der Waals surface area contributed by atoms with E-state index in [4.69, 9.17) is 9.47 Å². The van der Waals surface area contributed by atoms with E-state index in [0.29, 0.717) is 31.3 Å². The fourth-order valence-corrected chi connectivity index (χ4v) is 4.63. The summed E-state index contributed by atoms with van der Waals surface area (Å²) < 4.78 is 10.8. The van der Waals surface area contributed by atoms with Crippen LogP contribution in [0.15, 0.2) is 36.4 Å². The fraction of sp³-hybridized carbons (Fsp3) is 0.500. The lowest BCUT2D eigenvalue weighted by molar-refractivity contribution is 0.0973. The van der Waals surface area contributed by atoms with Crippen molar-refractivity contribution in [1.29, 1.82) is 0 Å². The highest BCUT2D eigenvalue weighted by Crippen LogP contribution is 2.33. The third-order valence-electron chi connectivity index (χ3n) is 6.71. The van der Waals surface area contributed by atoms with Crippen LogP contribution in [0.25, 0.3) is 0 Å². The summed E-state index contributed by atoms with van der Waals surface area (Å²) in [4.78, 5) is 13.1. The minimum atomic E-state index is -0.130. The number of hydrogen-bond donors (Lipinski definition) is 2. The van der Waals surface area contributed by atoms with Crippen LogP contribution in [0.3, 0.4) is 0 Å². The maximum Gasteiger partial charge on any atom is 0.231 e. The average Bonchev–Trinajstić information content (AvgIpc) is 3.24. The van der Waals surface area contributed by atoms with Gasteiger partial charge in [0, 0.05) is 24.6 Å². The van der Waals surface area contributed by atoms with Crippen LogP contribution in [-0.2, 0) is 13.0 Å². The standard InChI is InChI=1S/C26H33NO4/c1-17-3-6-21(15-27-18(2)20-7-9-22(28)10-8-20)23(13-17)24(29)11-4-19-5-12-25-26(14-19)31-16-30-25/h3,5-6,12-14,18,20,22,27-28H,4,7-11,15-16H2,1-2H3. The zero-order valence-corrected chi connectivity index (χ0v) is 18.5. The summed E-state index contributed by atoms with van der Waals surface area (Å²) in [6.07, 6.45) is 4.92. The number of carbonyl (C=O) groups excluding carboxylic acids is 1. The fourth-order valence-electron chi connectivity index (χ4n) is 4.63. The molecule has 1 aliphatic carbocycles. The van der Waals surface area contributed by atoms with Crippen molar-refractivity contribution in [3.63, 3.8) is 0 Å². The Morgan fingerprint density at radius 3 is 2.68 bits per heavy atom. The number of nitrogens with one attached hydrogen (secondary N) is 1. The Labute approximate surface area is 184 Å². The van der Waals surface area contributed by atoms with Crippen LogP contribution in [-0.4, -0.2) is 29.8 Å². The second kappa shape index (κ2) is 9.84. The minimum absolute atomic E-state index is 0.130. The highest BCUT2D eigenvalue weighted by molar-refractivity contribution is 5.97. The molecule has 2 N–H and O–H groups in total. The first-order valence-corrected chi connectivity index (χ1v) is 11.4. The lowest BCUT2D eigenvalue weighted by atomic mass is 9.83. The smallest absolute Gasteiger partial charge is 0.231 e. The number of fused-ring (bicyclic) bond motifs is 1. The Morgan fingerprint density at radius 1 is 1.10 bits per heavy atom. The minimum Gasteiger partial charge on any atom is -0.454 e. The van der Waals surface area contributed by atoms with E-state index in [9.17, 15) is 9.90 Å². The number of Topliss-reactive ketones (excluding diaryl/α,β-unsaturated/α-hetero) is 1. The first-order valence-electron chi connectivity index (χ1n) is 11.4. The molecule has 0 bridgehead atoms. The number of aliphatic hydroxyl groups is 1. The van der Waals surface area contributed by atoms with Crippen LogP contribution in [0.1, 0.15) is 66.1 Å². The zero-order valence-electron chi connectivity index (χ0n) is 18.5. The summed E-state index contributed by atoms with van der Waals surface area (Å²) in [6.45, 7) is 5.20. The monoisotopic (exact) mass is 423 g/mol. The number of aliphatic hydroxyl groups excluding tert-OH is 1. The number of rotatable bonds is 8. The van der Waals surface area contributed by atoms with Crippen LogP contribution in [0.4, 0.5) is 0 Å². The summed E-state index contributed by atoms with van der Waals surface area (Å²) in [5.74, 6) is 2.28. The summed E-state index contributed by atoms with van der Waals surface area (Å²) in [6, 6.07) is 12.4. The zero-order chi connectivity index (χ0) is 21.8. The summed E-state index contributed by atoms with van der Waals surface area (Å²) >= 11 is 0. The van der Waals surface area contributed by atoms with Gasteiger partial charge in [-0.1, -0.05) is 23.8 Å². The molecular weight excluding hydrogens is 390 g/mol. The van der Waals surface area contributed by atoms with Gasteiger partial charge in [0.05, 0.1) is 6.10 Å². The Hall–Kier alpha value is -2.37. The quantitative estimate of drug-likeness (QED) is 0.609. The molecule has 0 radical (unpaired) electrons. The highest BCUT2D eigenvalue weighted by Gasteiger charge is 2.24. The van der Waals surface area contributed by atoms with Crippen molar-refractivity contribution in [2.45, 2.75) is 71.1 Å². The third kappa shape index (κ3) is 5.46. The SMILES string of the molecule is Cc1ccc(CNC(C)C2CCC(O)CC2)c(C(=O)CCc2ccc3c(c2)OCO3)c1. The van der Waals surface area contributed by atoms with E-state index in [1.165, 1.54) is 0 Å². The number of carbonyl (C=O) groups is 1. The molecule has 2 aliphatic rings.